The molecule has 0 spiro atoms. The molecule has 0 saturated heterocycles. The highest BCUT2D eigenvalue weighted by atomic mass is 35.5. The number of alkyl carbamates (subject to hydrolysis) is 1. The number of halogens is 5. The van der Waals surface area contributed by atoms with E-state index >= 15 is 0 Å². The molecule has 300 valence electrons. The molecule has 0 bridgehead atoms. The number of hydrogen-bond donors (Lipinski definition) is 4. The number of aliphatic carboxylic acids is 1. The van der Waals surface area contributed by atoms with Crippen molar-refractivity contribution in [3.63, 3.8) is 0 Å². The Bertz CT molecular complexity index is 1720. The first-order chi connectivity index (χ1) is 25.7. The molecule has 0 fully saturated rings. The lowest BCUT2D eigenvalue weighted by atomic mass is 9.98. The summed E-state index contributed by atoms with van der Waals surface area (Å²) in [7, 11) is 0. The van der Waals surface area contributed by atoms with Gasteiger partial charge in [-0.1, -0.05) is 104 Å². The van der Waals surface area contributed by atoms with Gasteiger partial charge in [0.2, 0.25) is 11.8 Å². The Labute approximate surface area is 329 Å². The van der Waals surface area contributed by atoms with Gasteiger partial charge in [-0.15, -0.1) is 0 Å². The van der Waals surface area contributed by atoms with Crippen molar-refractivity contribution < 1.29 is 47.0 Å². The third kappa shape index (κ3) is 18.0. The fraction of sp³-hybridized carbons (Fsp3) is 0.425. The number of rotatable bonds is 16. The Kier molecular flexibility index (Phi) is 18.7. The number of nitrogens with one attached hydrogen (secondary N) is 3. The van der Waals surface area contributed by atoms with Crippen LogP contribution in [-0.2, 0) is 43.2 Å². The highest BCUT2D eigenvalue weighted by molar-refractivity contribution is 6.42. The fourth-order valence-corrected chi connectivity index (χ4v) is 5.39. The van der Waals surface area contributed by atoms with Gasteiger partial charge in [0, 0.05) is 6.42 Å². The first kappa shape index (κ1) is 46.5. The minimum atomic E-state index is -5.09. The maximum Gasteiger partial charge on any atom is 0.452 e. The average Bonchev–Trinajstić information content (AvgIpc) is 3.10. The predicted octanol–water partition coefficient (Wildman–Crippen LogP) is 7.91. The number of carbonyl (C=O) groups is 5. The first-order valence-corrected chi connectivity index (χ1v) is 18.4. The Balaban J connectivity index is 0.000000443. The quantitative estimate of drug-likeness (QED) is 0.115. The second-order valence-electron chi connectivity index (χ2n) is 14.0. The van der Waals surface area contributed by atoms with E-state index in [-0.39, 0.29) is 12.8 Å². The summed E-state index contributed by atoms with van der Waals surface area (Å²) < 4.78 is 44.1. The molecule has 0 aliphatic heterocycles. The largest absolute Gasteiger partial charge is 0.480 e. The number of carboxylic acids is 1. The van der Waals surface area contributed by atoms with Gasteiger partial charge < -0.3 is 25.8 Å². The van der Waals surface area contributed by atoms with Gasteiger partial charge in [0.1, 0.15) is 17.7 Å². The third-order valence-corrected chi connectivity index (χ3v) is 8.66. The van der Waals surface area contributed by atoms with Crippen molar-refractivity contribution in [2.45, 2.75) is 103 Å². The molecule has 0 aliphatic rings. The summed E-state index contributed by atoms with van der Waals surface area (Å²) in [6, 6.07) is 19.8. The number of hydrogen-bond acceptors (Lipinski definition) is 6. The number of Topliss-reactive ketones (excluding diaryl/α,β-unsaturated/α-hetero) is 1. The zero-order valence-electron chi connectivity index (χ0n) is 31.3. The fourth-order valence-electron chi connectivity index (χ4n) is 5.07. The summed E-state index contributed by atoms with van der Waals surface area (Å²) in [5.41, 5.74) is 2.04. The number of carboxylic acid groups (broad SMARTS) is 1. The van der Waals surface area contributed by atoms with Crippen LogP contribution >= 0.6 is 23.2 Å². The monoisotopic (exact) mass is 809 g/mol. The zero-order valence-corrected chi connectivity index (χ0v) is 32.9. The van der Waals surface area contributed by atoms with Gasteiger partial charge in [0.15, 0.2) is 0 Å². The molecule has 4 N–H and O–H groups in total. The van der Waals surface area contributed by atoms with Gasteiger partial charge in [0.05, 0.1) is 16.1 Å². The summed E-state index contributed by atoms with van der Waals surface area (Å²) in [4.78, 5) is 60.1. The van der Waals surface area contributed by atoms with E-state index < -0.39 is 65.5 Å². The van der Waals surface area contributed by atoms with Gasteiger partial charge in [-0.3, -0.25) is 14.4 Å². The summed E-state index contributed by atoms with van der Waals surface area (Å²) in [6.07, 6.45) is -4.04. The minimum Gasteiger partial charge on any atom is -0.480 e. The number of ketones is 1. The number of amides is 3. The molecule has 3 amide bonds. The molecule has 0 radical (unpaired) electrons. The summed E-state index contributed by atoms with van der Waals surface area (Å²) in [5.74, 6) is -5.21. The van der Waals surface area contributed by atoms with Crippen LogP contribution in [0.2, 0.25) is 10.0 Å². The van der Waals surface area contributed by atoms with Crippen LogP contribution in [0.4, 0.5) is 18.0 Å². The number of carbonyl (C=O) groups excluding carboxylic acids is 4. The number of aryl methyl sites for hydroxylation is 3. The average molecular weight is 811 g/mol. The van der Waals surface area contributed by atoms with Crippen LogP contribution < -0.4 is 16.0 Å². The van der Waals surface area contributed by atoms with Gasteiger partial charge in [-0.05, 0) is 87.6 Å². The van der Waals surface area contributed by atoms with Crippen LogP contribution in [0.15, 0.2) is 78.9 Å². The van der Waals surface area contributed by atoms with E-state index in [0.717, 1.165) is 16.7 Å². The van der Waals surface area contributed by atoms with E-state index in [4.69, 9.17) is 33.0 Å². The van der Waals surface area contributed by atoms with Crippen LogP contribution in [0.3, 0.4) is 0 Å². The lowest BCUT2D eigenvalue weighted by Gasteiger charge is -2.25. The highest BCUT2D eigenvalue weighted by Crippen LogP contribution is 2.24. The molecule has 3 rings (SSSR count). The maximum absolute atomic E-state index is 13.0. The molecule has 15 heteroatoms. The molecule has 0 aliphatic carbocycles. The lowest BCUT2D eigenvalue weighted by molar-refractivity contribution is -0.175. The number of benzene rings is 3. The van der Waals surface area contributed by atoms with E-state index in [1.807, 2.05) is 60.7 Å². The normalized spacial score (nSPS) is 13.0. The van der Waals surface area contributed by atoms with Crippen molar-refractivity contribution in [2.24, 2.45) is 5.92 Å². The highest BCUT2D eigenvalue weighted by Gasteiger charge is 2.45. The van der Waals surface area contributed by atoms with Crippen LogP contribution in [0.25, 0.3) is 0 Å². The predicted molar refractivity (Wildman–Crippen MR) is 205 cm³/mol. The Morgan fingerprint density at radius 2 is 1.24 bits per heavy atom. The van der Waals surface area contributed by atoms with Crippen LogP contribution in [-0.4, -0.2) is 64.7 Å². The molecule has 0 unspecified atom stereocenters. The number of ether oxygens (including phenoxy) is 1. The van der Waals surface area contributed by atoms with Crippen molar-refractivity contribution >= 4 is 52.9 Å². The second kappa shape index (κ2) is 22.1. The van der Waals surface area contributed by atoms with Gasteiger partial charge in [-0.2, -0.15) is 13.2 Å². The maximum atomic E-state index is 13.0. The minimum absolute atomic E-state index is 0.0160. The van der Waals surface area contributed by atoms with E-state index in [1.165, 1.54) is 13.8 Å². The summed E-state index contributed by atoms with van der Waals surface area (Å²) >= 11 is 11.9. The van der Waals surface area contributed by atoms with E-state index in [2.05, 4.69) is 16.0 Å². The van der Waals surface area contributed by atoms with E-state index in [0.29, 0.717) is 35.7 Å². The van der Waals surface area contributed by atoms with Gasteiger partial charge >= 0.3 is 18.2 Å². The molecule has 0 heterocycles. The van der Waals surface area contributed by atoms with E-state index in [1.54, 1.807) is 39.0 Å². The zero-order chi connectivity index (χ0) is 41.3. The molecule has 3 atom stereocenters. The molecule has 55 heavy (non-hydrogen) atoms. The third-order valence-electron chi connectivity index (χ3n) is 7.92. The van der Waals surface area contributed by atoms with Gasteiger partial charge in [0.25, 0.3) is 5.78 Å². The SMILES string of the molecule is CC(C)(C)OC(=O)N[C@@H](CCc1ccccc1)C(=O)O.CC(C)[C@H](NC(=O)[C@H](CCc1ccccc1)NC(=O)CCc1ccc(Cl)c(Cl)c1)C(=O)C(F)(F)F. The standard InChI is InChI=1S/C25H27Cl2F3N2O3.C15H21NO4/c1-15(2)22(23(34)25(28,29)30)32-24(35)20(12-9-16-6-4-3-5-7-16)31-21(33)13-10-17-8-11-18(26)19(27)14-17;1-15(2,3)20-14(19)16-12(13(17)18)10-9-11-7-5-4-6-8-11/h3-8,11,14-15,20,22H,9-10,12-13H2,1-2H3,(H,31,33)(H,32,35);4-8,12H,9-10H2,1-3H3,(H,16,19)(H,17,18)/t20-,22-;12-/m00/s1. The van der Waals surface area contributed by atoms with Crippen molar-refractivity contribution in [1.82, 2.24) is 16.0 Å². The number of alkyl halides is 3. The molecule has 10 nitrogen and oxygen atoms in total. The van der Waals surface area contributed by atoms with Crippen LogP contribution in [0.5, 0.6) is 0 Å². The van der Waals surface area contributed by atoms with Gasteiger partial charge in [-0.25, -0.2) is 9.59 Å². The second-order valence-corrected chi connectivity index (χ2v) is 14.9. The van der Waals surface area contributed by atoms with E-state index in [9.17, 15) is 37.1 Å². The molecule has 0 saturated carbocycles. The van der Waals surface area contributed by atoms with Crippen molar-refractivity contribution in [1.29, 1.82) is 0 Å². The van der Waals surface area contributed by atoms with Crippen molar-refractivity contribution in [2.75, 3.05) is 0 Å². The summed E-state index contributed by atoms with van der Waals surface area (Å²) in [5, 5.41) is 17.0. The molecule has 3 aromatic rings. The smallest absolute Gasteiger partial charge is 0.452 e. The van der Waals surface area contributed by atoms with Crippen molar-refractivity contribution in [3.05, 3.63) is 106 Å². The molecular formula is C40H48Cl2F3N3O7. The van der Waals surface area contributed by atoms with Crippen LogP contribution in [0.1, 0.15) is 70.6 Å². The first-order valence-electron chi connectivity index (χ1n) is 17.6. The van der Waals surface area contributed by atoms with Crippen molar-refractivity contribution in [3.8, 4) is 0 Å². The lowest BCUT2D eigenvalue weighted by Crippen LogP contribution is -2.55. The van der Waals surface area contributed by atoms with Crippen LogP contribution in [0, 0.1) is 5.92 Å². The summed E-state index contributed by atoms with van der Waals surface area (Å²) in [6.45, 7) is 8.00. The Morgan fingerprint density at radius 1 is 0.709 bits per heavy atom. The molecule has 0 aromatic heterocycles. The Hall–Kier alpha value is -4.62. The molecular weight excluding hydrogens is 762 g/mol. The Morgan fingerprint density at radius 3 is 1.69 bits per heavy atom. The topological polar surface area (TPSA) is 151 Å². The molecule has 3 aromatic carbocycles.